The summed E-state index contributed by atoms with van der Waals surface area (Å²) in [5, 5.41) is 3.01. The Morgan fingerprint density at radius 1 is 0.461 bits per heavy atom. The second-order valence-electron chi connectivity index (χ2n) is 22.2. The maximum atomic E-state index is 13.5. The van der Waals surface area contributed by atoms with E-state index in [-0.39, 0.29) is 37.9 Å². The molecule has 0 spiro atoms. The first-order valence-corrected chi connectivity index (χ1v) is 32.9. The van der Waals surface area contributed by atoms with Crippen LogP contribution in [-0.4, -0.2) is 74.3 Å². The molecule has 0 saturated heterocycles. The quantitative estimate of drug-likeness (QED) is 0.0205. The average Bonchev–Trinajstić information content (AvgIpc) is 3.38. The van der Waals surface area contributed by atoms with Crippen molar-refractivity contribution in [1.29, 1.82) is 0 Å². The van der Waals surface area contributed by atoms with E-state index in [0.29, 0.717) is 17.4 Å². The molecule has 0 aliphatic heterocycles. The standard InChI is InChI=1S/C66H119N2O7P/c1-7-10-13-16-19-22-25-28-29-30-31-32-33-34-35-36-37-38-39-41-44-47-50-53-56-59-66(70)75-64(57-54-51-48-45-42-27-24-21-18-15-12-9-3)63(62-74-76(71,72)73-61-60-68(4,5)6)67-65(69)58-55-52-49-46-43-40-26-23-20-17-14-11-8-2/h19,22,28-29,31-32,34-35,40,43,49,52,54,57,63-64H,7-18,20-21,23-27,30,33,36-39,41-42,44-48,50-51,53,55-56,58-62H2,1-6H3,(H-,67,69,71,72)/p+1/b22-19-,29-28-,32-31-,35-34-,43-40-,52-49+,57-54-. The summed E-state index contributed by atoms with van der Waals surface area (Å²) in [5.74, 6) is -0.591. The number of unbranched alkanes of at least 4 members (excludes halogenated alkanes) is 28. The lowest BCUT2D eigenvalue weighted by atomic mass is 10.0. The molecule has 3 unspecified atom stereocenters. The fourth-order valence-electron chi connectivity index (χ4n) is 8.68. The number of carbonyl (C=O) groups excluding carboxylic acids is 2. The van der Waals surface area contributed by atoms with Gasteiger partial charge >= 0.3 is 13.8 Å². The van der Waals surface area contributed by atoms with Crippen LogP contribution in [0, 0.1) is 0 Å². The van der Waals surface area contributed by atoms with Crippen molar-refractivity contribution in [3.05, 3.63) is 85.1 Å². The van der Waals surface area contributed by atoms with Crippen LogP contribution in [0.15, 0.2) is 85.1 Å². The number of rotatable bonds is 56. The van der Waals surface area contributed by atoms with Crippen molar-refractivity contribution in [1.82, 2.24) is 5.32 Å². The molecule has 440 valence electrons. The van der Waals surface area contributed by atoms with Crippen molar-refractivity contribution in [2.24, 2.45) is 0 Å². The number of nitrogens with zero attached hydrogens (tertiary/aromatic N) is 1. The molecule has 10 heteroatoms. The summed E-state index contributed by atoms with van der Waals surface area (Å²) in [6.07, 6.45) is 73.2. The lowest BCUT2D eigenvalue weighted by Crippen LogP contribution is -2.47. The Morgan fingerprint density at radius 3 is 1.25 bits per heavy atom. The molecule has 0 fully saturated rings. The van der Waals surface area contributed by atoms with E-state index < -0.39 is 20.0 Å². The number of carbonyl (C=O) groups is 2. The van der Waals surface area contributed by atoms with Crippen molar-refractivity contribution >= 4 is 19.7 Å². The number of esters is 1. The van der Waals surface area contributed by atoms with Crippen LogP contribution in [0.4, 0.5) is 0 Å². The highest BCUT2D eigenvalue weighted by molar-refractivity contribution is 7.47. The van der Waals surface area contributed by atoms with Crippen LogP contribution in [0.25, 0.3) is 0 Å². The van der Waals surface area contributed by atoms with Crippen LogP contribution in [0.1, 0.15) is 271 Å². The molecule has 3 atom stereocenters. The molecule has 1 amide bonds. The molecule has 0 aliphatic rings. The number of phosphoric acid groups is 1. The minimum Gasteiger partial charge on any atom is -0.456 e. The molecule has 0 rings (SSSR count). The molecule has 0 bridgehead atoms. The number of hydrogen-bond donors (Lipinski definition) is 2. The Morgan fingerprint density at radius 2 is 0.816 bits per heavy atom. The normalized spacial score (nSPS) is 14.2. The van der Waals surface area contributed by atoms with E-state index in [4.69, 9.17) is 13.8 Å². The van der Waals surface area contributed by atoms with E-state index in [1.807, 2.05) is 39.4 Å². The van der Waals surface area contributed by atoms with Crippen molar-refractivity contribution in [3.8, 4) is 0 Å². The molecule has 0 heterocycles. The summed E-state index contributed by atoms with van der Waals surface area (Å²) in [4.78, 5) is 37.6. The smallest absolute Gasteiger partial charge is 0.456 e. The van der Waals surface area contributed by atoms with Gasteiger partial charge in [0.15, 0.2) is 0 Å². The highest BCUT2D eigenvalue weighted by atomic mass is 31.2. The molecule has 9 nitrogen and oxygen atoms in total. The third-order valence-corrected chi connectivity index (χ3v) is 14.6. The second kappa shape index (κ2) is 55.5. The number of nitrogens with one attached hydrogen (secondary N) is 1. The van der Waals surface area contributed by atoms with E-state index in [1.54, 1.807) is 0 Å². The fourth-order valence-corrected chi connectivity index (χ4v) is 9.42. The van der Waals surface area contributed by atoms with E-state index in [9.17, 15) is 19.0 Å². The summed E-state index contributed by atoms with van der Waals surface area (Å²) in [5.41, 5.74) is 0. The summed E-state index contributed by atoms with van der Waals surface area (Å²) in [6.45, 7) is 6.92. The third kappa shape index (κ3) is 55.9. The van der Waals surface area contributed by atoms with Gasteiger partial charge in [-0.3, -0.25) is 18.6 Å². The molecular formula is C66H120N2O7P+. The zero-order chi connectivity index (χ0) is 55.7. The van der Waals surface area contributed by atoms with Crippen molar-refractivity contribution in [3.63, 3.8) is 0 Å². The Hall–Kier alpha value is -2.81. The molecular weight excluding hydrogens is 964 g/mol. The van der Waals surface area contributed by atoms with Gasteiger partial charge in [-0.2, -0.15) is 0 Å². The van der Waals surface area contributed by atoms with Gasteiger partial charge in [-0.15, -0.1) is 0 Å². The SMILES string of the molecule is CCCCC/C=C\C/C=C\C/C=C\C/C=C\CCCCCCCCCCCC(=O)OC(/C=C\CCCCCCCCCCCC)C(COP(=O)(O)OCC[N+](C)(C)C)NC(=O)CC/C=C/C/C=C\CCCCCCCC. The fraction of sp³-hybridized carbons (Fsp3) is 0.758. The highest BCUT2D eigenvalue weighted by Gasteiger charge is 2.30. The molecule has 0 aromatic rings. The monoisotopic (exact) mass is 1080 g/mol. The molecule has 0 aromatic carbocycles. The molecule has 0 aliphatic carbocycles. The number of quaternary nitrogens is 1. The number of likely N-dealkylation sites (N-methyl/N-ethyl adjacent to an activating group) is 1. The predicted molar refractivity (Wildman–Crippen MR) is 328 cm³/mol. The summed E-state index contributed by atoms with van der Waals surface area (Å²) < 4.78 is 30.6. The van der Waals surface area contributed by atoms with Crippen LogP contribution in [0.5, 0.6) is 0 Å². The molecule has 76 heavy (non-hydrogen) atoms. The topological polar surface area (TPSA) is 111 Å². The van der Waals surface area contributed by atoms with E-state index >= 15 is 0 Å². The van der Waals surface area contributed by atoms with Crippen LogP contribution >= 0.6 is 7.82 Å². The second-order valence-corrected chi connectivity index (χ2v) is 23.7. The number of allylic oxidation sites excluding steroid dienone is 13. The van der Waals surface area contributed by atoms with Crippen molar-refractivity contribution in [2.45, 2.75) is 283 Å². The predicted octanol–water partition coefficient (Wildman–Crippen LogP) is 19.4. The number of hydrogen-bond acceptors (Lipinski definition) is 6. The van der Waals surface area contributed by atoms with Gasteiger partial charge in [0, 0.05) is 12.8 Å². The molecule has 0 aromatic heterocycles. The third-order valence-electron chi connectivity index (χ3n) is 13.6. The van der Waals surface area contributed by atoms with E-state index in [0.717, 1.165) is 83.5 Å². The summed E-state index contributed by atoms with van der Waals surface area (Å²) in [7, 11) is 1.46. The Balaban J connectivity index is 5.20. The van der Waals surface area contributed by atoms with E-state index in [1.165, 1.54) is 148 Å². The van der Waals surface area contributed by atoms with Crippen molar-refractivity contribution in [2.75, 3.05) is 40.9 Å². The molecule has 0 saturated carbocycles. The van der Waals surface area contributed by atoms with Gasteiger partial charge in [0.2, 0.25) is 5.91 Å². The van der Waals surface area contributed by atoms with Gasteiger partial charge in [-0.25, -0.2) is 4.57 Å². The molecule has 0 radical (unpaired) electrons. The summed E-state index contributed by atoms with van der Waals surface area (Å²) in [6, 6.07) is -0.884. The van der Waals surface area contributed by atoms with Crippen molar-refractivity contribution < 1.29 is 37.3 Å². The van der Waals surface area contributed by atoms with Gasteiger partial charge in [0.1, 0.15) is 19.3 Å². The van der Waals surface area contributed by atoms with Crippen LogP contribution in [0.3, 0.4) is 0 Å². The lowest BCUT2D eigenvalue weighted by molar-refractivity contribution is -0.870. The van der Waals surface area contributed by atoms with Crippen LogP contribution < -0.4 is 5.32 Å². The first kappa shape index (κ1) is 73.2. The van der Waals surface area contributed by atoms with Gasteiger partial charge < -0.3 is 19.4 Å². The van der Waals surface area contributed by atoms with Gasteiger partial charge in [0.05, 0.1) is 33.8 Å². The maximum Gasteiger partial charge on any atom is 0.472 e. The van der Waals surface area contributed by atoms with Crippen LogP contribution in [-0.2, 0) is 27.9 Å². The van der Waals surface area contributed by atoms with Crippen LogP contribution in [0.2, 0.25) is 0 Å². The van der Waals surface area contributed by atoms with Gasteiger partial charge in [0.25, 0.3) is 0 Å². The minimum absolute atomic E-state index is 0.0272. The van der Waals surface area contributed by atoms with Gasteiger partial charge in [-0.1, -0.05) is 247 Å². The number of amides is 1. The van der Waals surface area contributed by atoms with E-state index in [2.05, 4.69) is 92.9 Å². The Kier molecular flexibility index (Phi) is 53.5. The number of ether oxygens (including phenoxy) is 1. The maximum absolute atomic E-state index is 13.5. The first-order chi connectivity index (χ1) is 36.9. The Bertz CT molecular complexity index is 1580. The number of phosphoric ester groups is 1. The zero-order valence-corrected chi connectivity index (χ0v) is 51.1. The highest BCUT2D eigenvalue weighted by Crippen LogP contribution is 2.43. The average molecular weight is 1080 g/mol. The largest absolute Gasteiger partial charge is 0.472 e. The first-order valence-electron chi connectivity index (χ1n) is 31.4. The minimum atomic E-state index is -4.46. The molecule has 2 N–H and O–H groups in total. The summed E-state index contributed by atoms with van der Waals surface area (Å²) >= 11 is 0. The zero-order valence-electron chi connectivity index (χ0n) is 50.2. The van der Waals surface area contributed by atoms with Gasteiger partial charge in [-0.05, 0) is 96.0 Å². The lowest BCUT2D eigenvalue weighted by Gasteiger charge is -2.27. The Labute approximate surface area is 469 Å².